The topological polar surface area (TPSA) is 87.1 Å². The average molecular weight is 419 g/mol. The Balaban J connectivity index is 1.48. The van der Waals surface area contributed by atoms with E-state index < -0.39 is 0 Å². The van der Waals surface area contributed by atoms with Crippen molar-refractivity contribution < 1.29 is 9.90 Å². The molecule has 1 unspecified atom stereocenters. The van der Waals surface area contributed by atoms with Crippen molar-refractivity contribution in [3.8, 4) is 16.9 Å². The highest BCUT2D eigenvalue weighted by molar-refractivity contribution is 5.90. The van der Waals surface area contributed by atoms with Crippen LogP contribution < -0.4 is 10.6 Å². The van der Waals surface area contributed by atoms with Crippen molar-refractivity contribution in [2.45, 2.75) is 41.0 Å². The van der Waals surface area contributed by atoms with Crippen LogP contribution in [0.2, 0.25) is 0 Å². The van der Waals surface area contributed by atoms with Crippen LogP contribution in [-0.2, 0) is 0 Å². The quantitative estimate of drug-likeness (QED) is 0.516. The fourth-order valence-electron chi connectivity index (χ4n) is 4.23. The number of benzene rings is 2. The molecule has 31 heavy (non-hydrogen) atoms. The van der Waals surface area contributed by atoms with E-state index >= 15 is 0 Å². The molecule has 1 aliphatic rings. The number of urea groups is 1. The van der Waals surface area contributed by atoms with Crippen molar-refractivity contribution in [2.75, 3.05) is 11.9 Å². The van der Waals surface area contributed by atoms with Crippen LogP contribution in [0.5, 0.6) is 5.75 Å². The molecule has 2 aromatic carbocycles. The molecular formula is C25H30N4O2. The van der Waals surface area contributed by atoms with Crippen molar-refractivity contribution in [1.29, 1.82) is 0 Å². The summed E-state index contributed by atoms with van der Waals surface area (Å²) in [5, 5.41) is 15.8. The van der Waals surface area contributed by atoms with Crippen LogP contribution >= 0.6 is 0 Å². The zero-order chi connectivity index (χ0) is 22.3. The lowest BCUT2D eigenvalue weighted by molar-refractivity contribution is 0.250. The van der Waals surface area contributed by atoms with Gasteiger partial charge in [-0.25, -0.2) is 9.78 Å². The zero-order valence-corrected chi connectivity index (χ0v) is 18.8. The summed E-state index contributed by atoms with van der Waals surface area (Å²) in [7, 11) is 0. The monoisotopic (exact) mass is 418 g/mol. The molecule has 6 heteroatoms. The molecule has 0 saturated heterocycles. The van der Waals surface area contributed by atoms with Crippen molar-refractivity contribution in [3.05, 3.63) is 47.7 Å². The molecule has 0 radical (unpaired) electrons. The van der Waals surface area contributed by atoms with Crippen LogP contribution in [0.15, 0.2) is 36.5 Å². The Morgan fingerprint density at radius 2 is 1.87 bits per heavy atom. The lowest BCUT2D eigenvalue weighted by Gasteiger charge is -2.16. The maximum atomic E-state index is 12.3. The highest BCUT2D eigenvalue weighted by Crippen LogP contribution is 2.56. The fraction of sp³-hybridized carbons (Fsp3) is 0.400. The third kappa shape index (κ3) is 4.20. The molecule has 1 aliphatic carbocycles. The Morgan fingerprint density at radius 1 is 1.16 bits per heavy atom. The molecule has 0 spiro atoms. The number of carbonyl (C=O) groups excluding carboxylic acids is 1. The highest BCUT2D eigenvalue weighted by atomic mass is 16.3. The zero-order valence-electron chi connectivity index (χ0n) is 18.8. The fourth-order valence-corrected chi connectivity index (χ4v) is 4.23. The molecule has 1 aromatic heterocycles. The number of aromatic nitrogens is 2. The van der Waals surface area contributed by atoms with Gasteiger partial charge in [0.05, 0.1) is 17.2 Å². The third-order valence-corrected chi connectivity index (χ3v) is 6.89. The number of aryl methyl sites for hydroxylation is 2. The van der Waals surface area contributed by atoms with Crippen molar-refractivity contribution >= 4 is 22.9 Å². The summed E-state index contributed by atoms with van der Waals surface area (Å²) in [6.45, 7) is 11.2. The van der Waals surface area contributed by atoms with Crippen LogP contribution in [0.4, 0.5) is 10.6 Å². The predicted octanol–water partition coefficient (Wildman–Crippen LogP) is 5.42. The standard InChI is InChI=1S/C25H30N4O2/c1-14(2)25(5)11-19(25)12-27-24(31)29-22-13-26-20-7-6-17(10-21(20)28-22)18-8-15(3)23(30)16(4)9-18/h6-10,13-14,19,30H,11-12H2,1-5H3,(H2,27,28,29,31)/t19?,25-/m0/s1. The van der Waals surface area contributed by atoms with E-state index in [1.807, 2.05) is 44.2 Å². The number of nitrogens with zero attached hydrogens (tertiary/aromatic N) is 2. The molecule has 0 bridgehead atoms. The number of amides is 2. The van der Waals surface area contributed by atoms with Gasteiger partial charge in [0.1, 0.15) is 5.75 Å². The van der Waals surface area contributed by atoms with Gasteiger partial charge in [-0.3, -0.25) is 10.3 Å². The number of rotatable bonds is 5. The first-order chi connectivity index (χ1) is 14.7. The van der Waals surface area contributed by atoms with Gasteiger partial charge in [-0.15, -0.1) is 0 Å². The first-order valence-corrected chi connectivity index (χ1v) is 10.8. The molecule has 1 fully saturated rings. The minimum absolute atomic E-state index is 0.257. The Hall–Kier alpha value is -3.15. The van der Waals surface area contributed by atoms with Gasteiger partial charge >= 0.3 is 6.03 Å². The number of hydrogen-bond acceptors (Lipinski definition) is 4. The molecule has 0 aliphatic heterocycles. The normalized spacial score (nSPS) is 20.1. The van der Waals surface area contributed by atoms with E-state index in [2.05, 4.69) is 41.4 Å². The molecule has 6 nitrogen and oxygen atoms in total. The number of anilines is 1. The molecule has 3 aromatic rings. The number of aromatic hydroxyl groups is 1. The molecule has 3 N–H and O–H groups in total. The first-order valence-electron chi connectivity index (χ1n) is 10.8. The number of carbonyl (C=O) groups is 1. The van der Waals surface area contributed by atoms with Crippen molar-refractivity contribution in [3.63, 3.8) is 0 Å². The minimum Gasteiger partial charge on any atom is -0.507 e. The van der Waals surface area contributed by atoms with Gasteiger partial charge in [-0.05, 0) is 84.0 Å². The van der Waals surface area contributed by atoms with Crippen LogP contribution in [0.25, 0.3) is 22.2 Å². The molecule has 2 atom stereocenters. The van der Waals surface area contributed by atoms with Gasteiger partial charge < -0.3 is 10.4 Å². The maximum absolute atomic E-state index is 12.3. The summed E-state index contributed by atoms with van der Waals surface area (Å²) in [6.07, 6.45) is 2.73. The van der Waals surface area contributed by atoms with E-state index in [1.54, 1.807) is 6.20 Å². The summed E-state index contributed by atoms with van der Waals surface area (Å²) < 4.78 is 0. The number of phenols is 1. The molecule has 1 heterocycles. The Kier molecular flexibility index (Phi) is 5.33. The van der Waals surface area contributed by atoms with E-state index in [0.29, 0.717) is 40.9 Å². The highest BCUT2D eigenvalue weighted by Gasteiger charge is 2.51. The van der Waals surface area contributed by atoms with Gasteiger partial charge in [0, 0.05) is 6.54 Å². The number of hydrogen-bond donors (Lipinski definition) is 3. The molecule has 2 amide bonds. The Labute approximate surface area is 183 Å². The third-order valence-electron chi connectivity index (χ3n) is 6.89. The molecule has 4 rings (SSSR count). The first kappa shape index (κ1) is 21.1. The van der Waals surface area contributed by atoms with Gasteiger partial charge in [0.15, 0.2) is 5.82 Å². The van der Waals surface area contributed by atoms with Crippen molar-refractivity contribution in [1.82, 2.24) is 15.3 Å². The predicted molar refractivity (Wildman–Crippen MR) is 124 cm³/mol. The van der Waals surface area contributed by atoms with Gasteiger partial charge in [-0.1, -0.05) is 26.8 Å². The lowest BCUT2D eigenvalue weighted by Crippen LogP contribution is -2.32. The maximum Gasteiger partial charge on any atom is 0.320 e. The average Bonchev–Trinajstić information content (AvgIpc) is 3.41. The van der Waals surface area contributed by atoms with Gasteiger partial charge in [0.2, 0.25) is 0 Å². The van der Waals surface area contributed by atoms with E-state index in [4.69, 9.17) is 0 Å². The van der Waals surface area contributed by atoms with E-state index in [-0.39, 0.29) is 6.03 Å². The van der Waals surface area contributed by atoms with Crippen LogP contribution in [0, 0.1) is 31.1 Å². The van der Waals surface area contributed by atoms with E-state index in [9.17, 15) is 9.90 Å². The smallest absolute Gasteiger partial charge is 0.320 e. The summed E-state index contributed by atoms with van der Waals surface area (Å²) >= 11 is 0. The SMILES string of the molecule is Cc1cc(-c2ccc3ncc(NC(=O)NCC4C[C@@]4(C)C(C)C)nc3c2)cc(C)c1O. The molecule has 162 valence electrons. The Morgan fingerprint density at radius 3 is 2.52 bits per heavy atom. The largest absolute Gasteiger partial charge is 0.507 e. The van der Waals surface area contributed by atoms with Gasteiger partial charge in [-0.2, -0.15) is 0 Å². The van der Waals surface area contributed by atoms with E-state index in [0.717, 1.165) is 34.2 Å². The molecule has 1 saturated carbocycles. The summed E-state index contributed by atoms with van der Waals surface area (Å²) in [4.78, 5) is 21.3. The van der Waals surface area contributed by atoms with Crippen molar-refractivity contribution in [2.24, 2.45) is 17.3 Å². The minimum atomic E-state index is -0.257. The lowest BCUT2D eigenvalue weighted by atomic mass is 9.92. The Bertz CT molecular complexity index is 1130. The van der Waals surface area contributed by atoms with E-state index in [1.165, 1.54) is 0 Å². The second kappa shape index (κ2) is 7.84. The summed E-state index contributed by atoms with van der Waals surface area (Å²) in [5.74, 6) is 1.88. The number of phenolic OH excluding ortho intramolecular Hbond substituents is 1. The van der Waals surface area contributed by atoms with Crippen LogP contribution in [0.1, 0.15) is 38.3 Å². The second-order valence-corrected chi connectivity index (χ2v) is 9.31. The van der Waals surface area contributed by atoms with Crippen LogP contribution in [0.3, 0.4) is 0 Å². The molecular weight excluding hydrogens is 388 g/mol. The number of fused-ring (bicyclic) bond motifs is 1. The van der Waals surface area contributed by atoms with Crippen LogP contribution in [-0.4, -0.2) is 27.7 Å². The summed E-state index contributed by atoms with van der Waals surface area (Å²) in [6, 6.07) is 9.51. The second-order valence-electron chi connectivity index (χ2n) is 9.31. The number of nitrogens with one attached hydrogen (secondary N) is 2. The summed E-state index contributed by atoms with van der Waals surface area (Å²) in [5.41, 5.74) is 5.44. The van der Waals surface area contributed by atoms with Gasteiger partial charge in [0.25, 0.3) is 0 Å².